The van der Waals surface area contributed by atoms with Gasteiger partial charge in [-0.1, -0.05) is 19.9 Å². The van der Waals surface area contributed by atoms with E-state index in [2.05, 4.69) is 29.8 Å². The van der Waals surface area contributed by atoms with Gasteiger partial charge in [-0.05, 0) is 58.8 Å². The van der Waals surface area contributed by atoms with E-state index in [4.69, 9.17) is 0 Å². The van der Waals surface area contributed by atoms with E-state index in [0.29, 0.717) is 10.4 Å². The highest BCUT2D eigenvalue weighted by Gasteiger charge is 2.19. The van der Waals surface area contributed by atoms with E-state index in [1.165, 1.54) is 6.07 Å². The maximum atomic E-state index is 13.1. The molecule has 1 N–H and O–H groups in total. The second-order valence-corrected chi connectivity index (χ2v) is 5.46. The fourth-order valence-corrected chi connectivity index (χ4v) is 2.33. The van der Waals surface area contributed by atoms with E-state index in [9.17, 15) is 9.50 Å². The van der Waals surface area contributed by atoms with E-state index in [0.717, 1.165) is 12.0 Å². The van der Waals surface area contributed by atoms with Crippen molar-refractivity contribution in [3.8, 4) is 0 Å². The van der Waals surface area contributed by atoms with Gasteiger partial charge in [-0.2, -0.15) is 0 Å². The van der Waals surface area contributed by atoms with Crippen molar-refractivity contribution in [3.63, 3.8) is 0 Å². The molecule has 2 unspecified atom stereocenters. The Morgan fingerprint density at radius 2 is 1.94 bits per heavy atom. The van der Waals surface area contributed by atoms with Gasteiger partial charge in [0, 0.05) is 0 Å². The molecule has 2 atom stereocenters. The highest BCUT2D eigenvalue weighted by molar-refractivity contribution is 9.10. The van der Waals surface area contributed by atoms with Gasteiger partial charge in [-0.3, -0.25) is 0 Å². The van der Waals surface area contributed by atoms with Gasteiger partial charge in [0.15, 0.2) is 0 Å². The van der Waals surface area contributed by atoms with Gasteiger partial charge in [0.2, 0.25) is 0 Å². The summed E-state index contributed by atoms with van der Waals surface area (Å²) in [6, 6.07) is 5.02. The monoisotopic (exact) mass is 288 g/mol. The summed E-state index contributed by atoms with van der Waals surface area (Å²) in [4.78, 5) is 0. The first-order valence-corrected chi connectivity index (χ1v) is 6.33. The van der Waals surface area contributed by atoms with Crippen LogP contribution in [0.1, 0.15) is 26.3 Å². The first-order valence-electron chi connectivity index (χ1n) is 5.53. The molecular weight excluding hydrogens is 271 g/mol. The number of rotatable bonds is 4. The summed E-state index contributed by atoms with van der Waals surface area (Å²) in [6.07, 6.45) is 0.428. The lowest BCUT2D eigenvalue weighted by atomic mass is 9.85. The van der Waals surface area contributed by atoms with Crippen LogP contribution < -0.4 is 0 Å². The second kappa shape index (κ2) is 5.78. The lowest BCUT2D eigenvalue weighted by Gasteiger charge is -2.23. The third-order valence-corrected chi connectivity index (χ3v) is 3.54. The van der Waals surface area contributed by atoms with Gasteiger partial charge >= 0.3 is 0 Å². The van der Waals surface area contributed by atoms with Crippen molar-refractivity contribution in [1.82, 2.24) is 0 Å². The zero-order chi connectivity index (χ0) is 12.3. The normalized spacial score (nSPS) is 15.2. The quantitative estimate of drug-likeness (QED) is 0.894. The standard InChI is InChI=1S/C13H18BrFO/c1-8(2)11(9(3)16)6-10-4-5-13(15)12(14)7-10/h4-5,7-9,11,16H,6H2,1-3H3. The zero-order valence-electron chi connectivity index (χ0n) is 9.87. The van der Waals surface area contributed by atoms with Crippen LogP contribution >= 0.6 is 15.9 Å². The molecule has 0 amide bonds. The Labute approximate surface area is 105 Å². The summed E-state index contributed by atoms with van der Waals surface area (Å²) in [5.74, 6) is 0.364. The number of aliphatic hydroxyl groups is 1. The molecule has 0 aliphatic rings. The number of aliphatic hydroxyl groups excluding tert-OH is 1. The third kappa shape index (κ3) is 3.56. The third-order valence-electron chi connectivity index (χ3n) is 2.93. The minimum Gasteiger partial charge on any atom is -0.393 e. The largest absolute Gasteiger partial charge is 0.393 e. The van der Waals surface area contributed by atoms with Crippen LogP contribution in [0, 0.1) is 17.7 Å². The summed E-state index contributed by atoms with van der Waals surface area (Å²) in [6.45, 7) is 6.00. The molecule has 0 spiro atoms. The van der Waals surface area contributed by atoms with Crippen LogP contribution in [-0.2, 0) is 6.42 Å². The van der Waals surface area contributed by atoms with Crippen molar-refractivity contribution in [3.05, 3.63) is 34.1 Å². The SMILES string of the molecule is CC(C)C(Cc1ccc(F)c(Br)c1)C(C)O. The summed E-state index contributed by atoms with van der Waals surface area (Å²) in [5.41, 5.74) is 1.05. The Kier molecular flexibility index (Phi) is 4.93. The Hall–Kier alpha value is -0.410. The summed E-state index contributed by atoms with van der Waals surface area (Å²) in [7, 11) is 0. The van der Waals surface area contributed by atoms with Crippen LogP contribution in [-0.4, -0.2) is 11.2 Å². The topological polar surface area (TPSA) is 20.2 Å². The average Bonchev–Trinajstić information content (AvgIpc) is 2.18. The van der Waals surface area contributed by atoms with E-state index in [1.807, 2.05) is 6.92 Å². The van der Waals surface area contributed by atoms with Gasteiger partial charge in [-0.25, -0.2) is 4.39 Å². The molecule has 90 valence electrons. The molecule has 0 aromatic heterocycles. The molecule has 0 heterocycles. The Morgan fingerprint density at radius 3 is 2.38 bits per heavy atom. The molecule has 16 heavy (non-hydrogen) atoms. The van der Waals surface area contributed by atoms with Crippen molar-refractivity contribution in [2.45, 2.75) is 33.3 Å². The van der Waals surface area contributed by atoms with Crippen LogP contribution in [0.3, 0.4) is 0 Å². The second-order valence-electron chi connectivity index (χ2n) is 4.60. The molecule has 3 heteroatoms. The van der Waals surface area contributed by atoms with E-state index >= 15 is 0 Å². The molecular formula is C13H18BrFO. The van der Waals surface area contributed by atoms with Crippen LogP contribution in [0.2, 0.25) is 0 Å². The average molecular weight is 289 g/mol. The lowest BCUT2D eigenvalue weighted by Crippen LogP contribution is -2.24. The summed E-state index contributed by atoms with van der Waals surface area (Å²) >= 11 is 3.17. The van der Waals surface area contributed by atoms with Crippen molar-refractivity contribution < 1.29 is 9.50 Å². The maximum absolute atomic E-state index is 13.1. The molecule has 1 nitrogen and oxygen atoms in total. The molecule has 0 bridgehead atoms. The van der Waals surface area contributed by atoms with Crippen LogP contribution in [0.25, 0.3) is 0 Å². The van der Waals surface area contributed by atoms with Crippen LogP contribution in [0.4, 0.5) is 4.39 Å². The molecule has 0 aliphatic carbocycles. The van der Waals surface area contributed by atoms with E-state index in [-0.39, 0.29) is 17.8 Å². The smallest absolute Gasteiger partial charge is 0.137 e. The first-order chi connectivity index (χ1) is 7.41. The molecule has 1 aromatic rings. The zero-order valence-corrected chi connectivity index (χ0v) is 11.5. The molecule has 1 aromatic carbocycles. The predicted octanol–water partition coefficient (Wildman–Crippen LogP) is 3.78. The Bertz CT molecular complexity index is 342. The summed E-state index contributed by atoms with van der Waals surface area (Å²) in [5, 5.41) is 9.68. The fourth-order valence-electron chi connectivity index (χ4n) is 1.90. The van der Waals surface area contributed by atoms with Crippen molar-refractivity contribution >= 4 is 15.9 Å². The van der Waals surface area contributed by atoms with Crippen molar-refractivity contribution in [1.29, 1.82) is 0 Å². The number of halogens is 2. The predicted molar refractivity (Wildman–Crippen MR) is 67.8 cm³/mol. The maximum Gasteiger partial charge on any atom is 0.137 e. The van der Waals surface area contributed by atoms with Gasteiger partial charge < -0.3 is 5.11 Å². The van der Waals surface area contributed by atoms with Gasteiger partial charge in [0.05, 0.1) is 10.6 Å². The van der Waals surface area contributed by atoms with E-state index in [1.54, 1.807) is 12.1 Å². The Balaban J connectivity index is 2.81. The van der Waals surface area contributed by atoms with E-state index < -0.39 is 0 Å². The molecule has 0 saturated heterocycles. The number of hydrogen-bond acceptors (Lipinski definition) is 1. The first kappa shape index (κ1) is 13.7. The van der Waals surface area contributed by atoms with Gasteiger partial charge in [0.25, 0.3) is 0 Å². The van der Waals surface area contributed by atoms with Crippen molar-refractivity contribution in [2.75, 3.05) is 0 Å². The molecule has 0 aliphatic heterocycles. The van der Waals surface area contributed by atoms with Crippen LogP contribution in [0.5, 0.6) is 0 Å². The lowest BCUT2D eigenvalue weighted by molar-refractivity contribution is 0.0977. The molecule has 0 saturated carbocycles. The Morgan fingerprint density at radius 1 is 1.31 bits per heavy atom. The minimum atomic E-state index is -0.344. The number of benzene rings is 1. The summed E-state index contributed by atoms with van der Waals surface area (Å²) < 4.78 is 13.5. The molecule has 1 rings (SSSR count). The minimum absolute atomic E-state index is 0.206. The van der Waals surface area contributed by atoms with Crippen molar-refractivity contribution in [2.24, 2.45) is 11.8 Å². The number of hydrogen-bond donors (Lipinski definition) is 1. The van der Waals surface area contributed by atoms with Gasteiger partial charge in [-0.15, -0.1) is 0 Å². The van der Waals surface area contributed by atoms with Crippen LogP contribution in [0.15, 0.2) is 22.7 Å². The fraction of sp³-hybridized carbons (Fsp3) is 0.538. The highest BCUT2D eigenvalue weighted by Crippen LogP contribution is 2.24. The molecule has 0 fully saturated rings. The highest BCUT2D eigenvalue weighted by atomic mass is 79.9. The van der Waals surface area contributed by atoms with Gasteiger partial charge in [0.1, 0.15) is 5.82 Å². The molecule has 0 radical (unpaired) electrons.